The van der Waals surface area contributed by atoms with E-state index in [0.29, 0.717) is 4.99 Å². The lowest BCUT2D eigenvalue weighted by molar-refractivity contribution is 1.10. The Bertz CT molecular complexity index is 408. The summed E-state index contributed by atoms with van der Waals surface area (Å²) in [5.74, 6) is 0.804. The van der Waals surface area contributed by atoms with Crippen molar-refractivity contribution in [1.29, 1.82) is 0 Å². The third-order valence-electron chi connectivity index (χ3n) is 1.78. The fourth-order valence-electron chi connectivity index (χ4n) is 1.11. The quantitative estimate of drug-likeness (QED) is 0.735. The van der Waals surface area contributed by atoms with Gasteiger partial charge in [0.05, 0.1) is 6.20 Å². The summed E-state index contributed by atoms with van der Waals surface area (Å²) >= 11 is 5.21. The van der Waals surface area contributed by atoms with Crippen LogP contribution >= 0.6 is 12.2 Å². The third-order valence-corrected chi connectivity index (χ3v) is 2.12. The van der Waals surface area contributed by atoms with E-state index in [1.54, 1.807) is 6.20 Å². The Morgan fingerprint density at radius 2 is 2.00 bits per heavy atom. The summed E-state index contributed by atoms with van der Waals surface area (Å²) in [6, 6.07) is 11.6. The molecule has 0 amide bonds. The van der Waals surface area contributed by atoms with Gasteiger partial charge in [0.1, 0.15) is 10.8 Å². The lowest BCUT2D eigenvalue weighted by Gasteiger charge is -2.04. The summed E-state index contributed by atoms with van der Waals surface area (Å²) in [7, 11) is 0. The minimum Gasteiger partial charge on any atom is -0.331 e. The molecule has 0 bridgehead atoms. The number of hydrogen-bond acceptors (Lipinski definition) is 2. The SMILES string of the molecule is S=C(Nc1ccn[nH]1)c1ccccc1. The number of benzene rings is 1. The van der Waals surface area contributed by atoms with Crippen molar-refractivity contribution in [3.63, 3.8) is 0 Å². The van der Waals surface area contributed by atoms with E-state index in [1.807, 2.05) is 36.4 Å². The van der Waals surface area contributed by atoms with E-state index >= 15 is 0 Å². The maximum absolute atomic E-state index is 5.21. The summed E-state index contributed by atoms with van der Waals surface area (Å²) in [6.07, 6.45) is 1.68. The Balaban J connectivity index is 2.11. The van der Waals surface area contributed by atoms with E-state index in [2.05, 4.69) is 15.5 Å². The van der Waals surface area contributed by atoms with Crippen LogP contribution in [0.25, 0.3) is 0 Å². The molecule has 4 heteroatoms. The molecule has 0 aliphatic heterocycles. The fourth-order valence-corrected chi connectivity index (χ4v) is 1.36. The smallest absolute Gasteiger partial charge is 0.126 e. The monoisotopic (exact) mass is 203 g/mol. The first-order chi connectivity index (χ1) is 6.86. The van der Waals surface area contributed by atoms with Crippen LogP contribution in [0.3, 0.4) is 0 Å². The number of hydrogen-bond donors (Lipinski definition) is 2. The number of H-pyrrole nitrogens is 1. The second kappa shape index (κ2) is 4.02. The van der Waals surface area contributed by atoms with Crippen LogP contribution in [0.5, 0.6) is 0 Å². The molecule has 2 aromatic rings. The molecule has 1 aromatic heterocycles. The van der Waals surface area contributed by atoms with Gasteiger partial charge >= 0.3 is 0 Å². The molecule has 2 N–H and O–H groups in total. The average Bonchev–Trinajstić information content (AvgIpc) is 2.72. The van der Waals surface area contributed by atoms with Crippen LogP contribution in [0.15, 0.2) is 42.6 Å². The van der Waals surface area contributed by atoms with Gasteiger partial charge in [0.25, 0.3) is 0 Å². The van der Waals surface area contributed by atoms with Gasteiger partial charge in [0.2, 0.25) is 0 Å². The molecule has 0 saturated carbocycles. The predicted octanol–water partition coefficient (Wildman–Crippen LogP) is 2.20. The van der Waals surface area contributed by atoms with Crippen molar-refractivity contribution in [3.05, 3.63) is 48.2 Å². The molecule has 70 valence electrons. The van der Waals surface area contributed by atoms with E-state index in [1.165, 1.54) is 0 Å². The van der Waals surface area contributed by atoms with Crippen LogP contribution in [-0.4, -0.2) is 15.2 Å². The Morgan fingerprint density at radius 1 is 1.21 bits per heavy atom. The van der Waals surface area contributed by atoms with Gasteiger partial charge in [0, 0.05) is 11.6 Å². The zero-order valence-corrected chi connectivity index (χ0v) is 8.21. The number of thiocarbonyl (C=S) groups is 1. The van der Waals surface area contributed by atoms with Gasteiger partial charge < -0.3 is 5.32 Å². The Kier molecular flexibility index (Phi) is 2.55. The molecule has 1 heterocycles. The summed E-state index contributed by atoms with van der Waals surface area (Å²) in [6.45, 7) is 0. The second-order valence-electron chi connectivity index (χ2n) is 2.79. The zero-order chi connectivity index (χ0) is 9.80. The van der Waals surface area contributed by atoms with Crippen molar-refractivity contribution in [2.75, 3.05) is 5.32 Å². The summed E-state index contributed by atoms with van der Waals surface area (Å²) in [5.41, 5.74) is 0.997. The second-order valence-corrected chi connectivity index (χ2v) is 3.20. The first-order valence-electron chi connectivity index (χ1n) is 4.22. The van der Waals surface area contributed by atoms with Crippen molar-refractivity contribution in [1.82, 2.24) is 10.2 Å². The van der Waals surface area contributed by atoms with Gasteiger partial charge in [-0.2, -0.15) is 5.10 Å². The highest BCUT2D eigenvalue weighted by Crippen LogP contribution is 2.05. The molecular weight excluding hydrogens is 194 g/mol. The topological polar surface area (TPSA) is 40.7 Å². The van der Waals surface area contributed by atoms with Gasteiger partial charge in [0.15, 0.2) is 0 Å². The Labute approximate surface area is 87.2 Å². The fraction of sp³-hybridized carbons (Fsp3) is 0. The number of aromatic nitrogens is 2. The molecule has 14 heavy (non-hydrogen) atoms. The van der Waals surface area contributed by atoms with E-state index in [-0.39, 0.29) is 0 Å². The van der Waals surface area contributed by atoms with E-state index < -0.39 is 0 Å². The minimum atomic E-state index is 0.690. The van der Waals surface area contributed by atoms with Crippen LogP contribution in [-0.2, 0) is 0 Å². The minimum absolute atomic E-state index is 0.690. The van der Waals surface area contributed by atoms with Gasteiger partial charge in [-0.25, -0.2) is 0 Å². The molecule has 0 aliphatic rings. The van der Waals surface area contributed by atoms with Crippen molar-refractivity contribution in [3.8, 4) is 0 Å². The van der Waals surface area contributed by atoms with Crippen molar-refractivity contribution < 1.29 is 0 Å². The van der Waals surface area contributed by atoms with Gasteiger partial charge in [-0.3, -0.25) is 5.10 Å². The van der Waals surface area contributed by atoms with E-state index in [9.17, 15) is 0 Å². The molecule has 0 aliphatic carbocycles. The highest BCUT2D eigenvalue weighted by atomic mass is 32.1. The molecular formula is C10H9N3S. The number of anilines is 1. The molecule has 0 saturated heterocycles. The molecule has 0 radical (unpaired) electrons. The number of nitrogens with one attached hydrogen (secondary N) is 2. The highest BCUT2D eigenvalue weighted by molar-refractivity contribution is 7.81. The van der Waals surface area contributed by atoms with Gasteiger partial charge in [-0.15, -0.1) is 0 Å². The van der Waals surface area contributed by atoms with Crippen LogP contribution < -0.4 is 5.32 Å². The van der Waals surface area contributed by atoms with Crippen LogP contribution in [0.1, 0.15) is 5.56 Å². The normalized spacial score (nSPS) is 9.71. The van der Waals surface area contributed by atoms with Crippen molar-refractivity contribution >= 4 is 23.0 Å². The Hall–Kier alpha value is -1.68. The van der Waals surface area contributed by atoms with Crippen LogP contribution in [0.4, 0.5) is 5.82 Å². The van der Waals surface area contributed by atoms with Crippen LogP contribution in [0.2, 0.25) is 0 Å². The van der Waals surface area contributed by atoms with Crippen molar-refractivity contribution in [2.24, 2.45) is 0 Å². The molecule has 3 nitrogen and oxygen atoms in total. The molecule has 0 spiro atoms. The molecule has 0 atom stereocenters. The largest absolute Gasteiger partial charge is 0.331 e. The van der Waals surface area contributed by atoms with Gasteiger partial charge in [-0.1, -0.05) is 42.5 Å². The first kappa shape index (κ1) is 8.90. The molecule has 0 fully saturated rings. The highest BCUT2D eigenvalue weighted by Gasteiger charge is 2.00. The summed E-state index contributed by atoms with van der Waals surface area (Å²) in [4.78, 5) is 0.690. The Morgan fingerprint density at radius 3 is 2.64 bits per heavy atom. The lowest BCUT2D eigenvalue weighted by Crippen LogP contribution is -2.10. The van der Waals surface area contributed by atoms with Gasteiger partial charge in [-0.05, 0) is 0 Å². The number of rotatable bonds is 2. The predicted molar refractivity (Wildman–Crippen MR) is 60.4 cm³/mol. The number of nitrogens with zero attached hydrogens (tertiary/aromatic N) is 1. The molecule has 2 rings (SSSR count). The maximum Gasteiger partial charge on any atom is 0.126 e. The van der Waals surface area contributed by atoms with Crippen molar-refractivity contribution in [2.45, 2.75) is 0 Å². The lowest BCUT2D eigenvalue weighted by atomic mass is 10.2. The van der Waals surface area contributed by atoms with E-state index in [4.69, 9.17) is 12.2 Å². The maximum atomic E-state index is 5.21. The van der Waals surface area contributed by atoms with E-state index in [0.717, 1.165) is 11.4 Å². The average molecular weight is 203 g/mol. The summed E-state index contributed by atoms with van der Waals surface area (Å²) in [5, 5.41) is 9.66. The zero-order valence-electron chi connectivity index (χ0n) is 7.40. The number of aromatic amines is 1. The summed E-state index contributed by atoms with van der Waals surface area (Å²) < 4.78 is 0. The first-order valence-corrected chi connectivity index (χ1v) is 4.63. The van der Waals surface area contributed by atoms with Crippen LogP contribution in [0, 0.1) is 0 Å². The molecule has 0 unspecified atom stereocenters. The standard InChI is InChI=1S/C10H9N3S/c14-10(8-4-2-1-3-5-8)12-9-6-7-11-13-9/h1-7H,(H2,11,12,13,14). The molecule has 1 aromatic carbocycles. The third kappa shape index (κ3) is 1.97.